The molecule has 0 saturated carbocycles. The zero-order valence-corrected chi connectivity index (χ0v) is 21.2. The van der Waals surface area contributed by atoms with Gasteiger partial charge in [0.1, 0.15) is 0 Å². The first-order chi connectivity index (χ1) is 14.9. The first kappa shape index (κ1) is 23.3. The third-order valence-electron chi connectivity index (χ3n) is 4.41. The first-order valence-electron chi connectivity index (χ1n) is 10.9. The zero-order valence-electron chi connectivity index (χ0n) is 19.3. The Bertz CT molecular complexity index is 854. The normalized spacial score (nSPS) is 11.4. The molecule has 0 spiro atoms. The van der Waals surface area contributed by atoms with E-state index in [1.807, 2.05) is 18.2 Å². The number of para-hydroxylation sites is 3. The van der Waals surface area contributed by atoms with Crippen molar-refractivity contribution < 1.29 is 14.2 Å². The Morgan fingerprint density at radius 2 is 0.710 bits per heavy atom. The standard InChI is InChI=1S/C27H33AsO3/c1-19(2)29-25-16-10-7-13-22(25)28(23-14-8-11-17-26(23)30-20(3)4)24-15-9-12-18-27(24)31-21(5)6/h7-21H,1-6H3. The SMILES string of the molecule is CC(C)Oc1ccccc1[As](c1ccccc1OC(C)C)c1ccccc1OC(C)C. The van der Waals surface area contributed by atoms with Crippen molar-refractivity contribution in [2.45, 2.75) is 59.9 Å². The molecule has 0 amide bonds. The van der Waals surface area contributed by atoms with Crippen molar-refractivity contribution in [3.05, 3.63) is 72.8 Å². The molecule has 31 heavy (non-hydrogen) atoms. The first-order valence-corrected chi connectivity index (χ1v) is 13.8. The van der Waals surface area contributed by atoms with Crippen LogP contribution >= 0.6 is 0 Å². The second-order valence-corrected chi connectivity index (χ2v) is 12.7. The molecule has 3 aromatic rings. The minimum atomic E-state index is -2.07. The van der Waals surface area contributed by atoms with Gasteiger partial charge in [-0.25, -0.2) is 0 Å². The predicted molar refractivity (Wildman–Crippen MR) is 131 cm³/mol. The van der Waals surface area contributed by atoms with Crippen molar-refractivity contribution in [1.82, 2.24) is 0 Å². The summed E-state index contributed by atoms with van der Waals surface area (Å²) in [6.07, 6.45) is 0.295. The predicted octanol–water partition coefficient (Wildman–Crippen LogP) is 4.56. The van der Waals surface area contributed by atoms with Crippen molar-refractivity contribution in [2.24, 2.45) is 0 Å². The van der Waals surface area contributed by atoms with Gasteiger partial charge in [0, 0.05) is 0 Å². The average Bonchev–Trinajstić information content (AvgIpc) is 2.70. The summed E-state index contributed by atoms with van der Waals surface area (Å²) in [5.74, 6) is 2.82. The summed E-state index contributed by atoms with van der Waals surface area (Å²) in [6.45, 7) is 12.4. The molecule has 0 atom stereocenters. The van der Waals surface area contributed by atoms with Gasteiger partial charge < -0.3 is 0 Å². The maximum atomic E-state index is 6.27. The second-order valence-electron chi connectivity index (χ2n) is 8.24. The second kappa shape index (κ2) is 10.8. The van der Waals surface area contributed by atoms with Crippen molar-refractivity contribution in [2.75, 3.05) is 0 Å². The van der Waals surface area contributed by atoms with Crippen molar-refractivity contribution in [3.8, 4) is 17.2 Å². The van der Waals surface area contributed by atoms with Gasteiger partial charge in [0.25, 0.3) is 0 Å². The third-order valence-corrected chi connectivity index (χ3v) is 9.76. The summed E-state index contributed by atoms with van der Waals surface area (Å²) in [6, 6.07) is 25.3. The van der Waals surface area contributed by atoms with Crippen LogP contribution in [0.1, 0.15) is 41.5 Å². The van der Waals surface area contributed by atoms with Crippen LogP contribution in [0, 0.1) is 0 Å². The monoisotopic (exact) mass is 480 g/mol. The van der Waals surface area contributed by atoms with Crippen LogP contribution in [0.4, 0.5) is 0 Å². The molecular formula is C27H33AsO3. The molecule has 0 bridgehead atoms. The van der Waals surface area contributed by atoms with E-state index in [-0.39, 0.29) is 18.3 Å². The summed E-state index contributed by atoms with van der Waals surface area (Å²) < 4.78 is 22.5. The fraction of sp³-hybridized carbons (Fsp3) is 0.333. The Hall–Kier alpha value is -2.38. The van der Waals surface area contributed by atoms with Crippen LogP contribution in [0.15, 0.2) is 72.8 Å². The molecule has 164 valence electrons. The van der Waals surface area contributed by atoms with Crippen molar-refractivity contribution in [3.63, 3.8) is 0 Å². The Morgan fingerprint density at radius 1 is 0.452 bits per heavy atom. The van der Waals surface area contributed by atoms with Gasteiger partial charge in [-0.15, -0.1) is 0 Å². The van der Waals surface area contributed by atoms with E-state index in [2.05, 4.69) is 96.1 Å². The van der Waals surface area contributed by atoms with E-state index in [0.29, 0.717) is 0 Å². The quantitative estimate of drug-likeness (QED) is 0.420. The average molecular weight is 480 g/mol. The molecular weight excluding hydrogens is 447 g/mol. The van der Waals surface area contributed by atoms with E-state index in [1.54, 1.807) is 0 Å². The Labute approximate surface area is 191 Å². The number of ether oxygens (including phenoxy) is 3. The van der Waals surface area contributed by atoms with Gasteiger partial charge in [-0.3, -0.25) is 0 Å². The van der Waals surface area contributed by atoms with Crippen LogP contribution < -0.4 is 27.3 Å². The van der Waals surface area contributed by atoms with Crippen LogP contribution in [0.2, 0.25) is 0 Å². The maximum absolute atomic E-state index is 6.27. The summed E-state index contributed by atoms with van der Waals surface area (Å²) in [4.78, 5) is 0. The van der Waals surface area contributed by atoms with Gasteiger partial charge >= 0.3 is 192 Å². The molecule has 3 aromatic carbocycles. The fourth-order valence-electron chi connectivity index (χ4n) is 3.38. The molecule has 0 fully saturated rings. The Morgan fingerprint density at radius 3 is 0.968 bits per heavy atom. The Balaban J connectivity index is 2.26. The van der Waals surface area contributed by atoms with E-state index in [0.717, 1.165) is 17.2 Å². The summed E-state index contributed by atoms with van der Waals surface area (Å²) in [7, 11) is 0. The van der Waals surface area contributed by atoms with Gasteiger partial charge in [-0.2, -0.15) is 0 Å². The molecule has 0 aliphatic carbocycles. The molecule has 3 rings (SSSR count). The molecule has 0 radical (unpaired) electrons. The van der Waals surface area contributed by atoms with Crippen LogP contribution in [0.25, 0.3) is 0 Å². The Kier molecular flexibility index (Phi) is 8.09. The van der Waals surface area contributed by atoms with Crippen LogP contribution in [-0.4, -0.2) is 33.0 Å². The van der Waals surface area contributed by atoms with Crippen molar-refractivity contribution >= 4 is 27.7 Å². The summed E-state index contributed by atoms with van der Waals surface area (Å²) in [5.41, 5.74) is 0. The van der Waals surface area contributed by atoms with E-state index in [4.69, 9.17) is 14.2 Å². The molecule has 0 aromatic heterocycles. The van der Waals surface area contributed by atoms with Crippen molar-refractivity contribution in [1.29, 1.82) is 0 Å². The van der Waals surface area contributed by atoms with Crippen LogP contribution in [0.5, 0.6) is 17.2 Å². The number of benzene rings is 3. The molecule has 0 heterocycles. The number of hydrogen-bond acceptors (Lipinski definition) is 3. The van der Waals surface area contributed by atoms with Gasteiger partial charge in [-0.05, 0) is 0 Å². The summed E-state index contributed by atoms with van der Waals surface area (Å²) in [5, 5.41) is 0. The van der Waals surface area contributed by atoms with Gasteiger partial charge in [0.15, 0.2) is 0 Å². The molecule has 4 heteroatoms. The summed E-state index contributed by atoms with van der Waals surface area (Å²) >= 11 is -2.07. The molecule has 0 aliphatic heterocycles. The molecule has 0 N–H and O–H groups in total. The third kappa shape index (κ3) is 6.08. The van der Waals surface area contributed by atoms with Crippen LogP contribution in [0.3, 0.4) is 0 Å². The zero-order chi connectivity index (χ0) is 22.4. The number of hydrogen-bond donors (Lipinski definition) is 0. The van der Waals surface area contributed by atoms with Gasteiger partial charge in [0.2, 0.25) is 0 Å². The van der Waals surface area contributed by atoms with E-state index >= 15 is 0 Å². The van der Waals surface area contributed by atoms with Gasteiger partial charge in [0.05, 0.1) is 0 Å². The van der Waals surface area contributed by atoms with E-state index in [1.165, 1.54) is 13.1 Å². The fourth-order valence-corrected chi connectivity index (χ4v) is 8.68. The van der Waals surface area contributed by atoms with Crippen LogP contribution in [-0.2, 0) is 0 Å². The van der Waals surface area contributed by atoms with Gasteiger partial charge in [-0.1, -0.05) is 0 Å². The molecule has 3 nitrogen and oxygen atoms in total. The minimum absolute atomic E-state index is 0.0984. The topological polar surface area (TPSA) is 27.7 Å². The molecule has 0 aliphatic rings. The van der Waals surface area contributed by atoms with E-state index in [9.17, 15) is 0 Å². The molecule has 0 saturated heterocycles. The van der Waals surface area contributed by atoms with E-state index < -0.39 is 14.7 Å². The molecule has 0 unspecified atom stereocenters. The number of rotatable bonds is 9.